The van der Waals surface area contributed by atoms with Gasteiger partial charge in [0.2, 0.25) is 0 Å². The zero-order chi connectivity index (χ0) is 13.4. The van der Waals surface area contributed by atoms with Crippen LogP contribution in [0.5, 0.6) is 0 Å². The molecule has 2 rings (SSSR count). The number of carbonyl (C=O) groups excluding carboxylic acids is 1. The summed E-state index contributed by atoms with van der Waals surface area (Å²) in [4.78, 5) is 11.7. The molecule has 0 aliphatic rings. The average molecular weight is 262 g/mol. The second-order valence-corrected chi connectivity index (χ2v) is 5.54. The molecule has 2 N–H and O–H groups in total. The molecule has 0 fully saturated rings. The van der Waals surface area contributed by atoms with Gasteiger partial charge < -0.3 is 10.3 Å². The van der Waals surface area contributed by atoms with E-state index in [1.165, 1.54) is 0 Å². The summed E-state index contributed by atoms with van der Waals surface area (Å²) in [6, 6.07) is 2.35. The Kier molecular flexibility index (Phi) is 3.30. The zero-order valence-electron chi connectivity index (χ0n) is 11.2. The molecule has 0 atom stereocenters. The van der Waals surface area contributed by atoms with Gasteiger partial charge >= 0.3 is 0 Å². The maximum absolute atomic E-state index is 11.7. The topological polar surface area (TPSA) is 48.0 Å². The Morgan fingerprint density at radius 3 is 2.44 bits per heavy atom. The second kappa shape index (κ2) is 4.61. The molecule has 4 heteroatoms. The Bertz CT molecular complexity index is 579. The van der Waals surface area contributed by atoms with Crippen LogP contribution in [0.2, 0.25) is 0 Å². The lowest BCUT2D eigenvalue weighted by Crippen LogP contribution is -2.13. The number of thiophene rings is 1. The molecule has 0 aromatic carbocycles. The van der Waals surface area contributed by atoms with Crippen molar-refractivity contribution in [2.24, 2.45) is 5.73 Å². The van der Waals surface area contributed by atoms with Gasteiger partial charge in [0.05, 0.1) is 5.56 Å². The minimum Gasteiger partial charge on any atom is -0.366 e. The highest BCUT2D eigenvalue weighted by molar-refractivity contribution is 7.08. The van der Waals surface area contributed by atoms with Crippen LogP contribution >= 0.6 is 11.3 Å². The first-order valence-corrected chi connectivity index (χ1v) is 6.93. The largest absolute Gasteiger partial charge is 0.366 e. The summed E-state index contributed by atoms with van der Waals surface area (Å²) >= 11 is 1.63. The van der Waals surface area contributed by atoms with E-state index in [0.29, 0.717) is 11.6 Å². The maximum Gasteiger partial charge on any atom is 0.251 e. The summed E-state index contributed by atoms with van der Waals surface area (Å²) in [6.45, 7) is 8.24. The molecule has 0 aliphatic heterocycles. The molecule has 0 saturated heterocycles. The van der Waals surface area contributed by atoms with Crippen LogP contribution in [0.15, 0.2) is 16.8 Å². The van der Waals surface area contributed by atoms with E-state index < -0.39 is 0 Å². The van der Waals surface area contributed by atoms with E-state index in [-0.39, 0.29) is 5.91 Å². The first-order valence-electron chi connectivity index (χ1n) is 5.99. The Balaban J connectivity index is 2.79. The maximum atomic E-state index is 11.7. The van der Waals surface area contributed by atoms with E-state index in [1.54, 1.807) is 11.3 Å². The van der Waals surface area contributed by atoms with Crippen LogP contribution in [0.25, 0.3) is 11.1 Å². The van der Waals surface area contributed by atoms with Gasteiger partial charge in [-0.3, -0.25) is 4.79 Å². The van der Waals surface area contributed by atoms with Gasteiger partial charge in [0.15, 0.2) is 0 Å². The first-order chi connectivity index (χ1) is 8.45. The van der Waals surface area contributed by atoms with Crippen LogP contribution in [0.4, 0.5) is 0 Å². The van der Waals surface area contributed by atoms with E-state index in [1.807, 2.05) is 25.3 Å². The van der Waals surface area contributed by atoms with Crippen molar-refractivity contribution in [1.29, 1.82) is 0 Å². The molecule has 0 bridgehead atoms. The predicted molar refractivity (Wildman–Crippen MR) is 76.1 cm³/mol. The third-order valence-corrected chi connectivity index (χ3v) is 3.95. The number of carbonyl (C=O) groups is 1. The van der Waals surface area contributed by atoms with Crippen molar-refractivity contribution in [2.45, 2.75) is 33.7 Å². The molecular weight excluding hydrogens is 244 g/mol. The van der Waals surface area contributed by atoms with Crippen LogP contribution in [0.1, 0.15) is 41.6 Å². The molecule has 2 heterocycles. The fraction of sp³-hybridized carbons (Fsp3) is 0.357. The number of nitrogens with two attached hydrogens (primary N) is 1. The van der Waals surface area contributed by atoms with E-state index in [4.69, 9.17) is 5.73 Å². The molecule has 0 saturated carbocycles. The van der Waals surface area contributed by atoms with Crippen molar-refractivity contribution in [3.63, 3.8) is 0 Å². The number of primary amides is 1. The number of hydrogen-bond donors (Lipinski definition) is 1. The quantitative estimate of drug-likeness (QED) is 0.904. The Morgan fingerprint density at radius 2 is 2.00 bits per heavy atom. The highest BCUT2D eigenvalue weighted by Crippen LogP contribution is 2.35. The third kappa shape index (κ3) is 1.86. The fourth-order valence-corrected chi connectivity index (χ4v) is 3.34. The van der Waals surface area contributed by atoms with Gasteiger partial charge in [-0.15, -0.1) is 0 Å². The summed E-state index contributed by atoms with van der Waals surface area (Å²) in [5, 5.41) is 4.07. The van der Waals surface area contributed by atoms with Gasteiger partial charge in [0.25, 0.3) is 5.91 Å². The van der Waals surface area contributed by atoms with Crippen LogP contribution in [0, 0.1) is 13.8 Å². The predicted octanol–water partition coefficient (Wildman–Crippen LogP) is 3.51. The van der Waals surface area contributed by atoms with Crippen LogP contribution < -0.4 is 5.73 Å². The van der Waals surface area contributed by atoms with Crippen molar-refractivity contribution in [2.75, 3.05) is 0 Å². The van der Waals surface area contributed by atoms with Gasteiger partial charge in [-0.2, -0.15) is 11.3 Å². The summed E-state index contributed by atoms with van der Waals surface area (Å²) in [5.41, 5.74) is 10.3. The third-order valence-electron chi connectivity index (χ3n) is 3.27. The SMILES string of the molecule is Cc1c(C(N)=O)c(-c2ccsc2)c(C)n1C(C)C. The Morgan fingerprint density at radius 1 is 1.33 bits per heavy atom. The lowest BCUT2D eigenvalue weighted by molar-refractivity contribution is 0.1000. The van der Waals surface area contributed by atoms with Crippen molar-refractivity contribution in [1.82, 2.24) is 4.57 Å². The van der Waals surface area contributed by atoms with E-state index in [0.717, 1.165) is 22.5 Å². The van der Waals surface area contributed by atoms with E-state index >= 15 is 0 Å². The lowest BCUT2D eigenvalue weighted by atomic mass is 10.0. The van der Waals surface area contributed by atoms with E-state index in [2.05, 4.69) is 23.8 Å². The minimum absolute atomic E-state index is 0.315. The fourth-order valence-electron chi connectivity index (χ4n) is 2.69. The highest BCUT2D eigenvalue weighted by atomic mass is 32.1. The zero-order valence-corrected chi connectivity index (χ0v) is 12.0. The van der Waals surface area contributed by atoms with Gasteiger partial charge in [0.1, 0.15) is 0 Å². The Hall–Kier alpha value is -1.55. The molecule has 0 radical (unpaired) electrons. The molecule has 1 amide bonds. The summed E-state index contributed by atoms with van der Waals surface area (Å²) in [6.07, 6.45) is 0. The van der Waals surface area contributed by atoms with Gasteiger partial charge in [0, 0.05) is 23.0 Å². The van der Waals surface area contributed by atoms with E-state index in [9.17, 15) is 4.79 Å². The monoisotopic (exact) mass is 262 g/mol. The van der Waals surface area contributed by atoms with Crippen molar-refractivity contribution in [3.05, 3.63) is 33.8 Å². The van der Waals surface area contributed by atoms with Crippen LogP contribution in [0.3, 0.4) is 0 Å². The standard InChI is InChI=1S/C14H18N2OS/c1-8(2)16-9(3)12(11-5-6-18-7-11)13(10(16)4)14(15)17/h5-8H,1-4H3,(H2,15,17). The summed E-state index contributed by atoms with van der Waals surface area (Å²) in [7, 11) is 0. The first kappa shape index (κ1) is 12.9. The highest BCUT2D eigenvalue weighted by Gasteiger charge is 2.23. The van der Waals surface area contributed by atoms with Crippen molar-refractivity contribution in [3.8, 4) is 11.1 Å². The number of rotatable bonds is 3. The average Bonchev–Trinajstić information content (AvgIpc) is 2.83. The second-order valence-electron chi connectivity index (χ2n) is 4.76. The molecule has 2 aromatic rings. The van der Waals surface area contributed by atoms with Gasteiger partial charge in [-0.1, -0.05) is 0 Å². The molecule has 2 aromatic heterocycles. The van der Waals surface area contributed by atoms with Crippen LogP contribution in [-0.2, 0) is 0 Å². The van der Waals surface area contributed by atoms with Gasteiger partial charge in [-0.25, -0.2) is 0 Å². The number of amides is 1. The number of hydrogen-bond acceptors (Lipinski definition) is 2. The minimum atomic E-state index is -0.351. The number of aromatic nitrogens is 1. The summed E-state index contributed by atoms with van der Waals surface area (Å²) < 4.78 is 2.17. The molecule has 3 nitrogen and oxygen atoms in total. The molecule has 96 valence electrons. The number of nitrogens with zero attached hydrogens (tertiary/aromatic N) is 1. The smallest absolute Gasteiger partial charge is 0.251 e. The molecule has 0 spiro atoms. The molecule has 0 aliphatic carbocycles. The van der Waals surface area contributed by atoms with Gasteiger partial charge in [-0.05, 0) is 50.1 Å². The molecule has 0 unspecified atom stereocenters. The van der Waals surface area contributed by atoms with Crippen molar-refractivity contribution < 1.29 is 4.79 Å². The molecular formula is C14H18N2OS. The lowest BCUT2D eigenvalue weighted by Gasteiger charge is -2.13. The molecule has 18 heavy (non-hydrogen) atoms. The normalized spacial score (nSPS) is 11.2. The summed E-state index contributed by atoms with van der Waals surface area (Å²) in [5.74, 6) is -0.351. The van der Waals surface area contributed by atoms with Crippen LogP contribution in [-0.4, -0.2) is 10.5 Å². The Labute approximate surface area is 111 Å². The van der Waals surface area contributed by atoms with Crippen molar-refractivity contribution >= 4 is 17.2 Å².